The van der Waals surface area contributed by atoms with Crippen molar-refractivity contribution in [3.8, 4) is 17.2 Å². The minimum Gasteiger partial charge on any atom is -0.493 e. The Kier molecular flexibility index (Phi) is 5.27. The van der Waals surface area contributed by atoms with Crippen LogP contribution >= 0.6 is 23.2 Å². The molecule has 1 fully saturated rings. The van der Waals surface area contributed by atoms with Gasteiger partial charge in [-0.05, 0) is 31.2 Å². The van der Waals surface area contributed by atoms with Crippen molar-refractivity contribution in [1.29, 1.82) is 0 Å². The molecule has 0 spiro atoms. The van der Waals surface area contributed by atoms with Crippen LogP contribution in [0.4, 0.5) is 10.5 Å². The van der Waals surface area contributed by atoms with Crippen molar-refractivity contribution < 1.29 is 28.6 Å². The van der Waals surface area contributed by atoms with Crippen molar-refractivity contribution in [2.45, 2.75) is 6.92 Å². The number of rotatable bonds is 4. The van der Waals surface area contributed by atoms with Crippen LogP contribution in [0.25, 0.3) is 6.08 Å². The van der Waals surface area contributed by atoms with Gasteiger partial charge in [0.2, 0.25) is 6.79 Å². The number of amides is 4. The molecule has 2 heterocycles. The van der Waals surface area contributed by atoms with Gasteiger partial charge in [-0.25, -0.2) is 9.69 Å². The summed E-state index contributed by atoms with van der Waals surface area (Å²) in [5.74, 6) is -0.381. The van der Waals surface area contributed by atoms with Gasteiger partial charge in [0, 0.05) is 11.6 Å². The van der Waals surface area contributed by atoms with E-state index in [0.29, 0.717) is 29.4 Å². The highest BCUT2D eigenvalue weighted by atomic mass is 35.5. The molecule has 2 aliphatic heterocycles. The molecule has 154 valence electrons. The molecule has 0 saturated carbocycles. The van der Waals surface area contributed by atoms with Crippen LogP contribution < -0.4 is 24.4 Å². The van der Waals surface area contributed by atoms with E-state index in [1.165, 1.54) is 24.3 Å². The van der Waals surface area contributed by atoms with Gasteiger partial charge in [0.05, 0.1) is 22.3 Å². The van der Waals surface area contributed by atoms with Crippen molar-refractivity contribution in [3.05, 3.63) is 51.5 Å². The van der Waals surface area contributed by atoms with E-state index in [9.17, 15) is 14.4 Å². The fraction of sp³-hybridized carbons (Fsp3) is 0.150. The maximum atomic E-state index is 13.1. The molecule has 8 nitrogen and oxygen atoms in total. The van der Waals surface area contributed by atoms with Crippen LogP contribution in [0.1, 0.15) is 12.5 Å². The average molecular weight is 449 g/mol. The maximum absolute atomic E-state index is 13.1. The standard InChI is InChI=1S/C20H14Cl2N2O6/c1-2-28-14-8-16-15(29-9-30-16)7-10(14)6-11-18(25)23-20(27)24(19(11)26)13-5-3-4-12(21)17(13)22/h3-8H,2,9H2,1H3,(H,23,25,27)/b11-6+. The zero-order chi connectivity index (χ0) is 21.4. The third-order valence-electron chi connectivity index (χ3n) is 4.38. The highest BCUT2D eigenvalue weighted by Crippen LogP contribution is 2.40. The molecule has 2 aromatic carbocycles. The Hall–Kier alpha value is -3.23. The van der Waals surface area contributed by atoms with Crippen molar-refractivity contribution in [3.63, 3.8) is 0 Å². The van der Waals surface area contributed by atoms with Gasteiger partial charge < -0.3 is 14.2 Å². The van der Waals surface area contributed by atoms with E-state index in [4.69, 9.17) is 37.4 Å². The second-order valence-corrected chi connectivity index (χ2v) is 6.99. The third-order valence-corrected chi connectivity index (χ3v) is 5.19. The van der Waals surface area contributed by atoms with E-state index in [1.807, 2.05) is 0 Å². The van der Waals surface area contributed by atoms with Crippen LogP contribution in [0.3, 0.4) is 0 Å². The van der Waals surface area contributed by atoms with Crippen LogP contribution in [0.5, 0.6) is 17.2 Å². The lowest BCUT2D eigenvalue weighted by molar-refractivity contribution is -0.122. The minimum absolute atomic E-state index is 0.00875. The normalized spacial score (nSPS) is 16.8. The first kappa shape index (κ1) is 20.1. The number of ether oxygens (including phenoxy) is 3. The fourth-order valence-electron chi connectivity index (χ4n) is 3.03. The monoisotopic (exact) mass is 448 g/mol. The molecule has 30 heavy (non-hydrogen) atoms. The van der Waals surface area contributed by atoms with Gasteiger partial charge in [-0.15, -0.1) is 0 Å². The highest BCUT2D eigenvalue weighted by molar-refractivity contribution is 6.46. The molecule has 0 aromatic heterocycles. The number of hydrogen-bond acceptors (Lipinski definition) is 6. The number of hydrogen-bond donors (Lipinski definition) is 1. The van der Waals surface area contributed by atoms with E-state index >= 15 is 0 Å². The molecule has 0 aliphatic carbocycles. The number of carbonyl (C=O) groups excluding carboxylic acids is 3. The van der Waals surface area contributed by atoms with Crippen molar-refractivity contribution in [2.75, 3.05) is 18.3 Å². The largest absolute Gasteiger partial charge is 0.493 e. The summed E-state index contributed by atoms with van der Waals surface area (Å²) >= 11 is 12.2. The van der Waals surface area contributed by atoms with Crippen LogP contribution in [0.15, 0.2) is 35.9 Å². The summed E-state index contributed by atoms with van der Waals surface area (Å²) in [5, 5.41) is 2.31. The maximum Gasteiger partial charge on any atom is 0.336 e. The molecule has 1 saturated heterocycles. The predicted molar refractivity (Wildman–Crippen MR) is 109 cm³/mol. The Balaban J connectivity index is 1.80. The molecule has 0 unspecified atom stereocenters. The summed E-state index contributed by atoms with van der Waals surface area (Å²) in [6.07, 6.45) is 1.32. The smallest absolute Gasteiger partial charge is 0.336 e. The first-order chi connectivity index (χ1) is 14.4. The van der Waals surface area contributed by atoms with Gasteiger partial charge in [0.25, 0.3) is 11.8 Å². The number of benzene rings is 2. The molecule has 0 atom stereocenters. The van der Waals surface area contributed by atoms with Crippen molar-refractivity contribution in [2.24, 2.45) is 0 Å². The molecule has 2 aliphatic rings. The van der Waals surface area contributed by atoms with Gasteiger partial charge >= 0.3 is 6.03 Å². The number of carbonyl (C=O) groups is 3. The van der Waals surface area contributed by atoms with E-state index in [0.717, 1.165) is 4.90 Å². The molecule has 1 N–H and O–H groups in total. The number of urea groups is 1. The van der Waals surface area contributed by atoms with E-state index in [1.54, 1.807) is 19.1 Å². The first-order valence-electron chi connectivity index (χ1n) is 8.82. The highest BCUT2D eigenvalue weighted by Gasteiger charge is 2.38. The van der Waals surface area contributed by atoms with E-state index in [2.05, 4.69) is 5.32 Å². The lowest BCUT2D eigenvalue weighted by Gasteiger charge is -2.27. The number of nitrogens with one attached hydrogen (secondary N) is 1. The predicted octanol–water partition coefficient (Wildman–Crippen LogP) is 3.79. The molecular formula is C20H14Cl2N2O6. The Morgan fingerprint density at radius 1 is 1.17 bits per heavy atom. The number of anilines is 1. The lowest BCUT2D eigenvalue weighted by atomic mass is 10.1. The average Bonchev–Trinajstić information content (AvgIpc) is 3.15. The molecule has 10 heteroatoms. The van der Waals surface area contributed by atoms with Gasteiger partial charge in [-0.3, -0.25) is 14.9 Å². The van der Waals surface area contributed by atoms with Gasteiger partial charge in [-0.1, -0.05) is 29.3 Å². The Morgan fingerprint density at radius 3 is 2.63 bits per heavy atom. The molecular weight excluding hydrogens is 435 g/mol. The Labute approximate surface area is 180 Å². The van der Waals surface area contributed by atoms with Crippen LogP contribution in [0.2, 0.25) is 10.0 Å². The molecule has 4 amide bonds. The minimum atomic E-state index is -0.929. The number of fused-ring (bicyclic) bond motifs is 1. The first-order valence-corrected chi connectivity index (χ1v) is 9.58. The molecule has 2 aromatic rings. The molecule has 0 bridgehead atoms. The van der Waals surface area contributed by atoms with E-state index in [-0.39, 0.29) is 28.1 Å². The zero-order valence-electron chi connectivity index (χ0n) is 15.5. The summed E-state index contributed by atoms with van der Waals surface area (Å²) in [7, 11) is 0. The van der Waals surface area contributed by atoms with Crippen molar-refractivity contribution in [1.82, 2.24) is 5.32 Å². The van der Waals surface area contributed by atoms with Crippen molar-refractivity contribution >= 4 is 52.8 Å². The quantitative estimate of drug-likeness (QED) is 0.564. The van der Waals surface area contributed by atoms with Crippen LogP contribution in [-0.4, -0.2) is 31.2 Å². The topological polar surface area (TPSA) is 94.2 Å². The second-order valence-electron chi connectivity index (χ2n) is 6.21. The number of imide groups is 2. The van der Waals surface area contributed by atoms with Crippen LogP contribution in [0, 0.1) is 0 Å². The fourth-order valence-corrected chi connectivity index (χ4v) is 3.41. The van der Waals surface area contributed by atoms with Crippen LogP contribution in [-0.2, 0) is 9.59 Å². The Bertz CT molecular complexity index is 1110. The lowest BCUT2D eigenvalue weighted by Crippen LogP contribution is -2.54. The summed E-state index contributed by atoms with van der Waals surface area (Å²) in [6.45, 7) is 2.19. The number of halogens is 2. The number of nitrogens with zero attached hydrogens (tertiary/aromatic N) is 1. The van der Waals surface area contributed by atoms with E-state index < -0.39 is 17.8 Å². The summed E-state index contributed by atoms with van der Waals surface area (Å²) < 4.78 is 16.3. The third kappa shape index (κ3) is 3.44. The second kappa shape index (κ2) is 7.89. The zero-order valence-corrected chi connectivity index (χ0v) is 17.0. The van der Waals surface area contributed by atoms with Gasteiger partial charge in [0.15, 0.2) is 11.5 Å². The summed E-state index contributed by atoms with van der Waals surface area (Å²) in [4.78, 5) is 38.7. The summed E-state index contributed by atoms with van der Waals surface area (Å²) in [6, 6.07) is 6.78. The number of barbiturate groups is 1. The Morgan fingerprint density at radius 2 is 1.90 bits per heavy atom. The molecule has 0 radical (unpaired) electrons. The molecule has 4 rings (SSSR count). The van der Waals surface area contributed by atoms with Gasteiger partial charge in [-0.2, -0.15) is 0 Å². The van der Waals surface area contributed by atoms with Gasteiger partial charge in [0.1, 0.15) is 11.3 Å². The summed E-state index contributed by atoms with van der Waals surface area (Å²) in [5.41, 5.74) is 0.178. The SMILES string of the molecule is CCOc1cc2c(cc1/C=C1\C(=O)NC(=O)N(c3cccc(Cl)c3Cl)C1=O)OCO2.